The molecule has 0 saturated heterocycles. The van der Waals surface area contributed by atoms with E-state index in [1.54, 1.807) is 0 Å². The molecule has 0 spiro atoms. The van der Waals surface area contributed by atoms with Crippen LogP contribution in [0, 0.1) is 0 Å². The van der Waals surface area contributed by atoms with Gasteiger partial charge in [0.15, 0.2) is 0 Å². The molecule has 1 aromatic rings. The van der Waals surface area contributed by atoms with E-state index in [0.29, 0.717) is 11.2 Å². The molecule has 0 radical (unpaired) electrons. The standard InChI is InChI=1S/C12H20ClN3/c1-5-9(4)16(7-3)12-8-10(13)14-11(6-2)15-12/h8-9H,5-7H2,1-4H3. The molecule has 0 N–H and O–H groups in total. The predicted molar refractivity (Wildman–Crippen MR) is 69.2 cm³/mol. The quantitative estimate of drug-likeness (QED) is 0.741. The van der Waals surface area contributed by atoms with Crippen molar-refractivity contribution in [3.63, 3.8) is 0 Å². The summed E-state index contributed by atoms with van der Waals surface area (Å²) in [6.07, 6.45) is 1.91. The van der Waals surface area contributed by atoms with Gasteiger partial charge in [-0.1, -0.05) is 25.4 Å². The molecule has 3 nitrogen and oxygen atoms in total. The number of hydrogen-bond acceptors (Lipinski definition) is 3. The van der Waals surface area contributed by atoms with Gasteiger partial charge in [-0.2, -0.15) is 0 Å². The zero-order chi connectivity index (χ0) is 12.1. The first-order valence-electron chi connectivity index (χ1n) is 5.92. The van der Waals surface area contributed by atoms with Gasteiger partial charge in [-0.05, 0) is 20.3 Å². The van der Waals surface area contributed by atoms with Crippen LogP contribution in [0.5, 0.6) is 0 Å². The van der Waals surface area contributed by atoms with Crippen LogP contribution in [-0.4, -0.2) is 22.6 Å². The van der Waals surface area contributed by atoms with Gasteiger partial charge in [0.05, 0.1) is 0 Å². The van der Waals surface area contributed by atoms with E-state index in [2.05, 4.69) is 35.6 Å². The van der Waals surface area contributed by atoms with E-state index in [1.807, 2.05) is 13.0 Å². The van der Waals surface area contributed by atoms with Gasteiger partial charge < -0.3 is 4.90 Å². The summed E-state index contributed by atoms with van der Waals surface area (Å²) in [7, 11) is 0. The summed E-state index contributed by atoms with van der Waals surface area (Å²) in [5, 5.41) is 0.531. The predicted octanol–water partition coefficient (Wildman–Crippen LogP) is 3.32. The van der Waals surface area contributed by atoms with Gasteiger partial charge in [0, 0.05) is 25.1 Å². The third kappa shape index (κ3) is 3.08. The Morgan fingerprint density at radius 3 is 2.50 bits per heavy atom. The second-order valence-corrected chi connectivity index (χ2v) is 4.25. The molecule has 0 aliphatic heterocycles. The van der Waals surface area contributed by atoms with Crippen molar-refractivity contribution in [3.8, 4) is 0 Å². The molecule has 0 aliphatic rings. The fourth-order valence-electron chi connectivity index (χ4n) is 1.68. The van der Waals surface area contributed by atoms with Gasteiger partial charge in [0.2, 0.25) is 0 Å². The Labute approximate surface area is 103 Å². The number of halogens is 1. The van der Waals surface area contributed by atoms with Crippen LogP contribution in [0.1, 0.15) is 39.9 Å². The maximum Gasteiger partial charge on any atom is 0.134 e. The van der Waals surface area contributed by atoms with Crippen molar-refractivity contribution in [1.82, 2.24) is 9.97 Å². The van der Waals surface area contributed by atoms with Crippen LogP contribution in [0.4, 0.5) is 5.82 Å². The lowest BCUT2D eigenvalue weighted by molar-refractivity contribution is 0.620. The van der Waals surface area contributed by atoms with Crippen molar-refractivity contribution < 1.29 is 0 Å². The Balaban J connectivity index is 3.04. The van der Waals surface area contributed by atoms with Crippen LogP contribution in [0.25, 0.3) is 0 Å². The Bertz CT molecular complexity index is 341. The highest BCUT2D eigenvalue weighted by Gasteiger charge is 2.13. The number of rotatable bonds is 5. The summed E-state index contributed by atoms with van der Waals surface area (Å²) < 4.78 is 0. The first-order chi connectivity index (χ1) is 7.62. The van der Waals surface area contributed by atoms with Crippen molar-refractivity contribution in [2.75, 3.05) is 11.4 Å². The molecule has 16 heavy (non-hydrogen) atoms. The molecular weight excluding hydrogens is 222 g/mol. The minimum Gasteiger partial charge on any atom is -0.354 e. The maximum absolute atomic E-state index is 6.00. The topological polar surface area (TPSA) is 29.0 Å². The molecule has 1 heterocycles. The van der Waals surface area contributed by atoms with E-state index in [4.69, 9.17) is 11.6 Å². The van der Waals surface area contributed by atoms with Crippen LogP contribution in [0.2, 0.25) is 5.15 Å². The van der Waals surface area contributed by atoms with Crippen molar-refractivity contribution >= 4 is 17.4 Å². The molecule has 1 aromatic heterocycles. The number of nitrogens with zero attached hydrogens (tertiary/aromatic N) is 3. The lowest BCUT2D eigenvalue weighted by atomic mass is 10.2. The van der Waals surface area contributed by atoms with Gasteiger partial charge >= 0.3 is 0 Å². The average Bonchev–Trinajstić information content (AvgIpc) is 2.29. The summed E-state index contributed by atoms with van der Waals surface area (Å²) >= 11 is 6.00. The van der Waals surface area contributed by atoms with E-state index in [1.165, 1.54) is 0 Å². The normalized spacial score (nSPS) is 12.6. The average molecular weight is 242 g/mol. The fourth-order valence-corrected chi connectivity index (χ4v) is 1.87. The van der Waals surface area contributed by atoms with Gasteiger partial charge in [0.25, 0.3) is 0 Å². The summed E-state index contributed by atoms with van der Waals surface area (Å²) in [5.41, 5.74) is 0. The van der Waals surface area contributed by atoms with E-state index in [0.717, 1.165) is 31.0 Å². The smallest absolute Gasteiger partial charge is 0.134 e. The largest absolute Gasteiger partial charge is 0.354 e. The molecule has 0 fully saturated rings. The van der Waals surface area contributed by atoms with Crippen LogP contribution in [0.15, 0.2) is 6.07 Å². The third-order valence-electron chi connectivity index (χ3n) is 2.80. The second kappa shape index (κ2) is 6.04. The zero-order valence-corrected chi connectivity index (χ0v) is 11.3. The van der Waals surface area contributed by atoms with E-state index in [-0.39, 0.29) is 0 Å². The lowest BCUT2D eigenvalue weighted by Gasteiger charge is -2.28. The highest BCUT2D eigenvalue weighted by atomic mass is 35.5. The first kappa shape index (κ1) is 13.2. The highest BCUT2D eigenvalue weighted by molar-refractivity contribution is 6.29. The van der Waals surface area contributed by atoms with Crippen LogP contribution in [0.3, 0.4) is 0 Å². The molecule has 90 valence electrons. The van der Waals surface area contributed by atoms with Crippen molar-refractivity contribution in [3.05, 3.63) is 17.0 Å². The van der Waals surface area contributed by atoms with Crippen molar-refractivity contribution in [2.45, 2.75) is 46.6 Å². The van der Waals surface area contributed by atoms with Crippen molar-refractivity contribution in [2.24, 2.45) is 0 Å². The molecule has 1 rings (SSSR count). The molecule has 0 aliphatic carbocycles. The monoisotopic (exact) mass is 241 g/mol. The SMILES string of the molecule is CCc1nc(Cl)cc(N(CC)C(C)CC)n1. The van der Waals surface area contributed by atoms with Gasteiger partial charge in [-0.15, -0.1) is 0 Å². The zero-order valence-electron chi connectivity index (χ0n) is 10.5. The summed E-state index contributed by atoms with van der Waals surface area (Å²) in [5.74, 6) is 1.75. The molecule has 4 heteroatoms. The van der Waals surface area contributed by atoms with Crippen LogP contribution >= 0.6 is 11.6 Å². The van der Waals surface area contributed by atoms with Gasteiger partial charge in [-0.3, -0.25) is 0 Å². The lowest BCUT2D eigenvalue weighted by Crippen LogP contribution is -2.33. The molecule has 0 saturated carbocycles. The molecule has 0 aromatic carbocycles. The van der Waals surface area contributed by atoms with E-state index in [9.17, 15) is 0 Å². The van der Waals surface area contributed by atoms with Crippen molar-refractivity contribution in [1.29, 1.82) is 0 Å². The highest BCUT2D eigenvalue weighted by Crippen LogP contribution is 2.19. The molecule has 0 amide bonds. The Morgan fingerprint density at radius 1 is 1.31 bits per heavy atom. The Morgan fingerprint density at radius 2 is 2.00 bits per heavy atom. The second-order valence-electron chi connectivity index (χ2n) is 3.86. The van der Waals surface area contributed by atoms with Gasteiger partial charge in [0.1, 0.15) is 16.8 Å². The molecule has 0 bridgehead atoms. The molecule has 1 atom stereocenters. The first-order valence-corrected chi connectivity index (χ1v) is 6.30. The summed E-state index contributed by atoms with van der Waals surface area (Å²) in [6, 6.07) is 2.32. The summed E-state index contributed by atoms with van der Waals surface area (Å²) in [4.78, 5) is 11.0. The summed E-state index contributed by atoms with van der Waals surface area (Å²) in [6.45, 7) is 9.48. The maximum atomic E-state index is 6.00. The number of hydrogen-bond donors (Lipinski definition) is 0. The van der Waals surface area contributed by atoms with Crippen LogP contribution in [-0.2, 0) is 6.42 Å². The number of aromatic nitrogens is 2. The Kier molecular flexibility index (Phi) is 5.00. The molecule has 1 unspecified atom stereocenters. The molecular formula is C12H20ClN3. The fraction of sp³-hybridized carbons (Fsp3) is 0.667. The Hall–Kier alpha value is -0.830. The van der Waals surface area contributed by atoms with Crippen LogP contribution < -0.4 is 4.90 Å². The van der Waals surface area contributed by atoms with Gasteiger partial charge in [-0.25, -0.2) is 9.97 Å². The van der Waals surface area contributed by atoms with E-state index >= 15 is 0 Å². The minimum absolute atomic E-state index is 0.473. The number of anilines is 1. The number of aryl methyl sites for hydroxylation is 1. The third-order valence-corrected chi connectivity index (χ3v) is 3.00. The van der Waals surface area contributed by atoms with E-state index < -0.39 is 0 Å². The minimum atomic E-state index is 0.473.